The summed E-state index contributed by atoms with van der Waals surface area (Å²) < 4.78 is 18.0. The van der Waals surface area contributed by atoms with E-state index in [1.165, 1.54) is 18.2 Å². The number of carbonyl (C=O) groups excluding carboxylic acids is 2. The highest BCUT2D eigenvalue weighted by Gasteiger charge is 2.23. The van der Waals surface area contributed by atoms with Gasteiger partial charge in [0.2, 0.25) is 5.91 Å². The minimum Gasteiger partial charge on any atom is -0.450 e. The lowest BCUT2D eigenvalue weighted by molar-refractivity contribution is -0.117. The maximum atomic E-state index is 13.1. The molecule has 1 aliphatic rings. The molecule has 1 heterocycles. The first-order valence-corrected chi connectivity index (χ1v) is 7.76. The van der Waals surface area contributed by atoms with Gasteiger partial charge >= 0.3 is 6.09 Å². The van der Waals surface area contributed by atoms with E-state index in [-0.39, 0.29) is 23.6 Å². The molecule has 6 nitrogen and oxygen atoms in total. The number of benzene rings is 1. The Labute approximate surface area is 139 Å². The lowest BCUT2D eigenvalue weighted by atomic mass is 10.3. The lowest BCUT2D eigenvalue weighted by Gasteiger charge is -2.33. The number of rotatable bonds is 4. The van der Waals surface area contributed by atoms with Crippen molar-refractivity contribution < 1.29 is 18.7 Å². The van der Waals surface area contributed by atoms with Gasteiger partial charge in [-0.2, -0.15) is 0 Å². The summed E-state index contributed by atoms with van der Waals surface area (Å²) >= 11 is 5.67. The third-order valence-corrected chi connectivity index (χ3v) is 3.76. The van der Waals surface area contributed by atoms with Gasteiger partial charge in [-0.15, -0.1) is 0 Å². The highest BCUT2D eigenvalue weighted by molar-refractivity contribution is 6.31. The van der Waals surface area contributed by atoms with E-state index in [1.54, 1.807) is 11.8 Å². The Kier molecular flexibility index (Phi) is 6.18. The summed E-state index contributed by atoms with van der Waals surface area (Å²) in [5.41, 5.74) is 0.451. The monoisotopic (exact) mass is 343 g/mol. The Morgan fingerprint density at radius 1 is 1.30 bits per heavy atom. The van der Waals surface area contributed by atoms with E-state index in [0.29, 0.717) is 38.5 Å². The van der Waals surface area contributed by atoms with Crippen LogP contribution in [-0.2, 0) is 9.53 Å². The zero-order valence-electron chi connectivity index (χ0n) is 12.8. The number of halogens is 2. The molecule has 2 rings (SSSR count). The summed E-state index contributed by atoms with van der Waals surface area (Å²) in [6.45, 7) is 4.54. The molecule has 0 saturated carbocycles. The van der Waals surface area contributed by atoms with Gasteiger partial charge in [0, 0.05) is 31.9 Å². The van der Waals surface area contributed by atoms with E-state index in [1.807, 2.05) is 4.90 Å². The quantitative estimate of drug-likeness (QED) is 0.910. The number of piperazine rings is 1. The van der Waals surface area contributed by atoms with Gasteiger partial charge in [-0.05, 0) is 25.1 Å². The molecular formula is C15H19ClFN3O3. The fraction of sp³-hybridized carbons (Fsp3) is 0.467. The maximum absolute atomic E-state index is 13.1. The number of nitrogens with one attached hydrogen (secondary N) is 1. The van der Waals surface area contributed by atoms with Gasteiger partial charge in [0.25, 0.3) is 0 Å². The smallest absolute Gasteiger partial charge is 0.409 e. The average Bonchev–Trinajstić information content (AvgIpc) is 2.52. The van der Waals surface area contributed by atoms with Crippen LogP contribution in [0.4, 0.5) is 14.9 Å². The molecule has 0 aliphatic carbocycles. The molecule has 126 valence electrons. The zero-order chi connectivity index (χ0) is 16.8. The Hall–Kier alpha value is -1.86. The highest BCUT2D eigenvalue weighted by atomic mass is 35.5. The minimum absolute atomic E-state index is 0.0362. The van der Waals surface area contributed by atoms with Gasteiger partial charge < -0.3 is 15.0 Å². The third-order valence-electron chi connectivity index (χ3n) is 3.47. The number of carbonyl (C=O) groups is 2. The predicted molar refractivity (Wildman–Crippen MR) is 85.1 cm³/mol. The second-order valence-corrected chi connectivity index (χ2v) is 5.55. The van der Waals surface area contributed by atoms with Crippen LogP contribution >= 0.6 is 11.6 Å². The van der Waals surface area contributed by atoms with Crippen LogP contribution in [0.1, 0.15) is 6.92 Å². The number of amides is 2. The van der Waals surface area contributed by atoms with E-state index in [9.17, 15) is 14.0 Å². The first-order valence-electron chi connectivity index (χ1n) is 7.38. The third kappa shape index (κ3) is 5.07. The van der Waals surface area contributed by atoms with Crippen molar-refractivity contribution in [3.8, 4) is 0 Å². The van der Waals surface area contributed by atoms with Crippen molar-refractivity contribution in [2.24, 2.45) is 0 Å². The molecule has 0 unspecified atom stereocenters. The number of hydrogen-bond donors (Lipinski definition) is 1. The molecular weight excluding hydrogens is 325 g/mol. The summed E-state index contributed by atoms with van der Waals surface area (Å²) in [5, 5.41) is 2.64. The van der Waals surface area contributed by atoms with Crippen LogP contribution in [0.25, 0.3) is 0 Å². The largest absolute Gasteiger partial charge is 0.450 e. The Morgan fingerprint density at radius 3 is 2.61 bits per heavy atom. The number of ether oxygens (including phenoxy) is 1. The van der Waals surface area contributed by atoms with Crippen molar-refractivity contribution in [1.29, 1.82) is 0 Å². The van der Waals surface area contributed by atoms with Crippen LogP contribution in [0.3, 0.4) is 0 Å². The van der Waals surface area contributed by atoms with Gasteiger partial charge in [-0.25, -0.2) is 9.18 Å². The van der Waals surface area contributed by atoms with Gasteiger partial charge in [0.05, 0.1) is 18.2 Å². The van der Waals surface area contributed by atoms with E-state index >= 15 is 0 Å². The van der Waals surface area contributed by atoms with Crippen LogP contribution < -0.4 is 5.32 Å². The highest BCUT2D eigenvalue weighted by Crippen LogP contribution is 2.19. The van der Waals surface area contributed by atoms with Crippen LogP contribution in [0, 0.1) is 5.82 Å². The molecule has 0 aromatic heterocycles. The summed E-state index contributed by atoms with van der Waals surface area (Å²) in [6, 6.07) is 4.03. The second kappa shape index (κ2) is 8.12. The second-order valence-electron chi connectivity index (χ2n) is 5.14. The molecule has 0 bridgehead atoms. The summed E-state index contributed by atoms with van der Waals surface area (Å²) in [4.78, 5) is 27.2. The lowest BCUT2D eigenvalue weighted by Crippen LogP contribution is -2.50. The Morgan fingerprint density at radius 2 is 2.00 bits per heavy atom. The maximum Gasteiger partial charge on any atom is 0.409 e. The molecule has 23 heavy (non-hydrogen) atoms. The summed E-state index contributed by atoms with van der Waals surface area (Å²) in [7, 11) is 0. The SMILES string of the molecule is CCOC(=O)N1CCN(CC(=O)Nc2ccc(F)c(Cl)c2)CC1. The number of nitrogens with zero attached hydrogens (tertiary/aromatic N) is 2. The van der Waals surface area contributed by atoms with Crippen molar-refractivity contribution >= 4 is 29.3 Å². The fourth-order valence-corrected chi connectivity index (χ4v) is 2.46. The van der Waals surface area contributed by atoms with Crippen molar-refractivity contribution in [3.63, 3.8) is 0 Å². The summed E-state index contributed by atoms with van der Waals surface area (Å²) in [5.74, 6) is -0.739. The van der Waals surface area contributed by atoms with E-state index in [0.717, 1.165) is 0 Å². The molecule has 1 N–H and O–H groups in total. The molecule has 2 amide bonds. The Balaban J connectivity index is 1.78. The Bertz CT molecular complexity index is 577. The average molecular weight is 344 g/mol. The van der Waals surface area contributed by atoms with Crippen LogP contribution in [0.15, 0.2) is 18.2 Å². The molecule has 1 aromatic rings. The topological polar surface area (TPSA) is 61.9 Å². The van der Waals surface area contributed by atoms with Crippen molar-refractivity contribution in [3.05, 3.63) is 29.0 Å². The van der Waals surface area contributed by atoms with E-state index in [4.69, 9.17) is 16.3 Å². The first-order chi connectivity index (χ1) is 11.0. The van der Waals surface area contributed by atoms with Gasteiger partial charge in [-0.3, -0.25) is 9.69 Å². The number of anilines is 1. The van der Waals surface area contributed by atoms with E-state index < -0.39 is 5.82 Å². The van der Waals surface area contributed by atoms with Crippen LogP contribution in [-0.4, -0.2) is 61.1 Å². The molecule has 0 spiro atoms. The molecule has 1 fully saturated rings. The van der Waals surface area contributed by atoms with E-state index in [2.05, 4.69) is 5.32 Å². The number of hydrogen-bond acceptors (Lipinski definition) is 4. The predicted octanol–water partition coefficient (Wildman–Crippen LogP) is 2.19. The first kappa shape index (κ1) is 17.5. The zero-order valence-corrected chi connectivity index (χ0v) is 13.6. The van der Waals surface area contributed by atoms with Crippen LogP contribution in [0.5, 0.6) is 0 Å². The normalized spacial score (nSPS) is 15.3. The fourth-order valence-electron chi connectivity index (χ4n) is 2.28. The van der Waals surface area contributed by atoms with Crippen molar-refractivity contribution in [1.82, 2.24) is 9.80 Å². The molecule has 1 saturated heterocycles. The molecule has 0 radical (unpaired) electrons. The molecule has 1 aromatic carbocycles. The molecule has 8 heteroatoms. The minimum atomic E-state index is -0.528. The van der Waals surface area contributed by atoms with Gasteiger partial charge in [0.1, 0.15) is 5.82 Å². The molecule has 1 aliphatic heterocycles. The van der Waals surface area contributed by atoms with Gasteiger partial charge in [0.15, 0.2) is 0 Å². The standard InChI is InChI=1S/C15H19ClFN3O3/c1-2-23-15(22)20-7-5-19(6-8-20)10-14(21)18-11-3-4-13(17)12(16)9-11/h3-4,9H,2,5-8,10H2,1H3,(H,18,21). The molecule has 0 atom stereocenters. The van der Waals surface area contributed by atoms with Crippen LogP contribution in [0.2, 0.25) is 5.02 Å². The van der Waals surface area contributed by atoms with Gasteiger partial charge in [-0.1, -0.05) is 11.6 Å². The summed E-state index contributed by atoms with van der Waals surface area (Å²) in [6.07, 6.45) is -0.322. The van der Waals surface area contributed by atoms with Crippen molar-refractivity contribution in [2.75, 3.05) is 44.6 Å². The van der Waals surface area contributed by atoms with Crippen molar-refractivity contribution in [2.45, 2.75) is 6.92 Å².